The van der Waals surface area contributed by atoms with E-state index in [0.717, 1.165) is 56.8 Å². The molecule has 0 spiro atoms. The van der Waals surface area contributed by atoms with E-state index in [4.69, 9.17) is 4.74 Å². The molecule has 2 heterocycles. The average molecular weight is 396 g/mol. The Morgan fingerprint density at radius 2 is 2.10 bits per heavy atom. The predicted molar refractivity (Wildman–Crippen MR) is 116 cm³/mol. The van der Waals surface area contributed by atoms with Crippen molar-refractivity contribution >= 4 is 5.91 Å². The van der Waals surface area contributed by atoms with Crippen molar-refractivity contribution < 1.29 is 9.53 Å². The van der Waals surface area contributed by atoms with Gasteiger partial charge in [0.05, 0.1) is 0 Å². The van der Waals surface area contributed by atoms with Crippen LogP contribution in [0.3, 0.4) is 0 Å². The molecule has 1 amide bonds. The molecule has 0 unspecified atom stereocenters. The molecule has 1 aromatic heterocycles. The van der Waals surface area contributed by atoms with Crippen molar-refractivity contribution in [3.8, 4) is 5.75 Å². The summed E-state index contributed by atoms with van der Waals surface area (Å²) >= 11 is 0. The number of ether oxygens (including phenoxy) is 1. The van der Waals surface area contributed by atoms with Crippen molar-refractivity contribution in [2.75, 3.05) is 13.1 Å². The second kappa shape index (κ2) is 11.0. The SMILES string of the molecule is CCCC[C@@H]1CN(CCC(=O)N[C@@H](C)Cc2ccccn2)Cc2ccccc2O1. The van der Waals surface area contributed by atoms with Crippen molar-refractivity contribution in [1.82, 2.24) is 15.2 Å². The third-order valence-electron chi connectivity index (χ3n) is 5.31. The molecule has 1 N–H and O–H groups in total. The Labute approximate surface area is 174 Å². The molecule has 1 aliphatic rings. The summed E-state index contributed by atoms with van der Waals surface area (Å²) in [7, 11) is 0. The predicted octanol–water partition coefficient (Wildman–Crippen LogP) is 3.97. The minimum atomic E-state index is 0.0721. The van der Waals surface area contributed by atoms with Crippen molar-refractivity contribution in [3.63, 3.8) is 0 Å². The quantitative estimate of drug-likeness (QED) is 0.698. The summed E-state index contributed by atoms with van der Waals surface area (Å²) in [5, 5.41) is 3.11. The van der Waals surface area contributed by atoms with Gasteiger partial charge in [0.1, 0.15) is 11.9 Å². The highest BCUT2D eigenvalue weighted by molar-refractivity contribution is 5.76. The van der Waals surface area contributed by atoms with Gasteiger partial charge in [0.15, 0.2) is 0 Å². The van der Waals surface area contributed by atoms with E-state index in [-0.39, 0.29) is 18.1 Å². The fraction of sp³-hybridized carbons (Fsp3) is 0.500. The van der Waals surface area contributed by atoms with Crippen LogP contribution in [-0.4, -0.2) is 41.0 Å². The van der Waals surface area contributed by atoms with Crippen molar-refractivity contribution in [3.05, 3.63) is 59.9 Å². The number of hydrogen-bond donors (Lipinski definition) is 1. The van der Waals surface area contributed by atoms with Crippen LogP contribution in [0.1, 0.15) is 50.8 Å². The molecule has 0 saturated carbocycles. The Morgan fingerprint density at radius 3 is 2.90 bits per heavy atom. The fourth-order valence-electron chi connectivity index (χ4n) is 3.80. The summed E-state index contributed by atoms with van der Waals surface area (Å²) in [6.45, 7) is 6.67. The van der Waals surface area contributed by atoms with E-state index in [1.807, 2.05) is 31.2 Å². The van der Waals surface area contributed by atoms with Gasteiger partial charge in [-0.1, -0.05) is 37.6 Å². The number of amides is 1. The van der Waals surface area contributed by atoms with Crippen LogP contribution in [0.25, 0.3) is 0 Å². The summed E-state index contributed by atoms with van der Waals surface area (Å²) in [5.41, 5.74) is 2.20. The molecule has 1 aromatic carbocycles. The van der Waals surface area contributed by atoms with Gasteiger partial charge in [-0.15, -0.1) is 0 Å². The zero-order chi connectivity index (χ0) is 20.5. The van der Waals surface area contributed by atoms with Crippen LogP contribution in [0, 0.1) is 0 Å². The number of hydrogen-bond acceptors (Lipinski definition) is 4. The monoisotopic (exact) mass is 395 g/mol. The number of pyridine rings is 1. The number of rotatable bonds is 9. The molecule has 0 aliphatic carbocycles. The lowest BCUT2D eigenvalue weighted by Crippen LogP contribution is -2.38. The highest BCUT2D eigenvalue weighted by atomic mass is 16.5. The first-order valence-corrected chi connectivity index (χ1v) is 10.8. The Morgan fingerprint density at radius 1 is 1.28 bits per heavy atom. The van der Waals surface area contributed by atoms with Gasteiger partial charge in [0, 0.05) is 56.0 Å². The number of para-hydroxylation sites is 1. The van der Waals surface area contributed by atoms with E-state index in [9.17, 15) is 4.79 Å². The lowest BCUT2D eigenvalue weighted by Gasteiger charge is -2.24. The van der Waals surface area contributed by atoms with Gasteiger partial charge in [0.25, 0.3) is 0 Å². The van der Waals surface area contributed by atoms with Crippen LogP contribution in [0.15, 0.2) is 48.7 Å². The number of unbranched alkanes of at least 4 members (excludes halogenated alkanes) is 1. The van der Waals surface area contributed by atoms with Crippen LogP contribution in [0.5, 0.6) is 5.75 Å². The van der Waals surface area contributed by atoms with Crippen LogP contribution in [0.2, 0.25) is 0 Å². The molecule has 29 heavy (non-hydrogen) atoms. The smallest absolute Gasteiger partial charge is 0.221 e. The molecule has 2 atom stereocenters. The Hall–Kier alpha value is -2.40. The third kappa shape index (κ3) is 6.86. The first-order chi connectivity index (χ1) is 14.1. The summed E-state index contributed by atoms with van der Waals surface area (Å²) in [6, 6.07) is 14.2. The fourth-order valence-corrected chi connectivity index (χ4v) is 3.80. The van der Waals surface area contributed by atoms with Gasteiger partial charge in [-0.2, -0.15) is 0 Å². The molecular weight excluding hydrogens is 362 g/mol. The Kier molecular flexibility index (Phi) is 8.05. The summed E-state index contributed by atoms with van der Waals surface area (Å²) in [4.78, 5) is 19.2. The van der Waals surface area contributed by atoms with Gasteiger partial charge in [0.2, 0.25) is 5.91 Å². The topological polar surface area (TPSA) is 54.5 Å². The molecule has 5 nitrogen and oxygen atoms in total. The molecule has 0 fully saturated rings. The number of nitrogens with zero attached hydrogens (tertiary/aromatic N) is 2. The van der Waals surface area contributed by atoms with E-state index < -0.39 is 0 Å². The third-order valence-corrected chi connectivity index (χ3v) is 5.31. The number of aromatic nitrogens is 1. The van der Waals surface area contributed by atoms with E-state index in [1.165, 1.54) is 5.56 Å². The average Bonchev–Trinajstić information content (AvgIpc) is 2.90. The summed E-state index contributed by atoms with van der Waals surface area (Å²) in [5.74, 6) is 1.08. The van der Waals surface area contributed by atoms with Crippen LogP contribution in [0.4, 0.5) is 0 Å². The van der Waals surface area contributed by atoms with Crippen LogP contribution in [-0.2, 0) is 17.8 Å². The van der Waals surface area contributed by atoms with Crippen molar-refractivity contribution in [2.45, 2.75) is 64.6 Å². The normalized spacial score (nSPS) is 17.7. The standard InChI is InChI=1S/C24H33N3O2/c1-3-4-11-22-18-27(17-20-9-5-6-12-23(20)29-22)15-13-24(28)26-19(2)16-21-10-7-8-14-25-21/h5-10,12,14,19,22H,3-4,11,13,15-18H2,1-2H3,(H,26,28)/t19-,22+/m0/s1. The molecule has 1 aliphatic heterocycles. The van der Waals surface area contributed by atoms with Crippen LogP contribution < -0.4 is 10.1 Å². The minimum absolute atomic E-state index is 0.0721. The van der Waals surface area contributed by atoms with Gasteiger partial charge >= 0.3 is 0 Å². The lowest BCUT2D eigenvalue weighted by atomic mass is 10.1. The van der Waals surface area contributed by atoms with Gasteiger partial charge in [-0.25, -0.2) is 0 Å². The first kappa shape index (κ1) is 21.3. The Balaban J connectivity index is 1.52. The Bertz CT molecular complexity index is 766. The maximum absolute atomic E-state index is 12.5. The van der Waals surface area contributed by atoms with E-state index in [2.05, 4.69) is 40.3 Å². The molecule has 0 bridgehead atoms. The summed E-state index contributed by atoms with van der Waals surface area (Å²) < 4.78 is 6.28. The van der Waals surface area contributed by atoms with E-state index in [0.29, 0.717) is 6.42 Å². The number of fused-ring (bicyclic) bond motifs is 1. The molecule has 5 heteroatoms. The number of carbonyl (C=O) groups excluding carboxylic acids is 1. The molecule has 2 aromatic rings. The zero-order valence-electron chi connectivity index (χ0n) is 17.6. The van der Waals surface area contributed by atoms with Gasteiger partial charge < -0.3 is 10.1 Å². The summed E-state index contributed by atoms with van der Waals surface area (Å²) in [6.07, 6.45) is 6.59. The highest BCUT2D eigenvalue weighted by Crippen LogP contribution is 2.26. The first-order valence-electron chi connectivity index (χ1n) is 10.8. The number of nitrogens with one attached hydrogen (secondary N) is 1. The number of carbonyl (C=O) groups is 1. The molecule has 3 rings (SSSR count). The maximum atomic E-state index is 12.5. The second-order valence-electron chi connectivity index (χ2n) is 7.97. The van der Waals surface area contributed by atoms with Crippen LogP contribution >= 0.6 is 0 Å². The highest BCUT2D eigenvalue weighted by Gasteiger charge is 2.23. The van der Waals surface area contributed by atoms with E-state index >= 15 is 0 Å². The van der Waals surface area contributed by atoms with Crippen molar-refractivity contribution in [2.24, 2.45) is 0 Å². The zero-order valence-corrected chi connectivity index (χ0v) is 17.6. The van der Waals surface area contributed by atoms with Gasteiger partial charge in [-0.05, 0) is 38.0 Å². The number of benzene rings is 1. The van der Waals surface area contributed by atoms with Gasteiger partial charge in [-0.3, -0.25) is 14.7 Å². The largest absolute Gasteiger partial charge is 0.489 e. The molecule has 156 valence electrons. The van der Waals surface area contributed by atoms with Crippen molar-refractivity contribution in [1.29, 1.82) is 0 Å². The van der Waals surface area contributed by atoms with E-state index in [1.54, 1.807) is 6.20 Å². The molecule has 0 saturated heterocycles. The molecular formula is C24H33N3O2. The maximum Gasteiger partial charge on any atom is 0.221 e. The second-order valence-corrected chi connectivity index (χ2v) is 7.97. The lowest BCUT2D eigenvalue weighted by molar-refractivity contribution is -0.122. The minimum Gasteiger partial charge on any atom is -0.489 e. The molecule has 0 radical (unpaired) electrons.